The van der Waals surface area contributed by atoms with Crippen LogP contribution < -0.4 is 0 Å². The van der Waals surface area contributed by atoms with Gasteiger partial charge in [0.2, 0.25) is 0 Å². The third kappa shape index (κ3) is 7.34. The minimum Gasteiger partial charge on any atom is -0.391 e. The van der Waals surface area contributed by atoms with E-state index in [2.05, 4.69) is 51.6 Å². The molecule has 0 saturated heterocycles. The summed E-state index contributed by atoms with van der Waals surface area (Å²) in [5.41, 5.74) is 0. The molecule has 0 aliphatic rings. The molecule has 18 heavy (non-hydrogen) atoms. The van der Waals surface area contributed by atoms with Gasteiger partial charge in [0.1, 0.15) is 0 Å². The second-order valence-electron chi connectivity index (χ2n) is 6.02. The molecule has 0 saturated carbocycles. The van der Waals surface area contributed by atoms with Crippen molar-refractivity contribution in [3.63, 3.8) is 0 Å². The van der Waals surface area contributed by atoms with E-state index in [0.29, 0.717) is 12.0 Å². The first-order valence-corrected chi connectivity index (χ1v) is 7.49. The Morgan fingerprint density at radius 3 is 2.06 bits per heavy atom. The molecule has 1 N–H and O–H groups in total. The summed E-state index contributed by atoms with van der Waals surface area (Å²) in [5.74, 6) is 0.648. The van der Waals surface area contributed by atoms with Crippen LogP contribution in [0.2, 0.25) is 0 Å². The zero-order valence-electron chi connectivity index (χ0n) is 13.3. The second kappa shape index (κ2) is 9.76. The first-order chi connectivity index (χ1) is 8.42. The topological polar surface area (TPSA) is 26.7 Å². The largest absolute Gasteiger partial charge is 0.391 e. The van der Waals surface area contributed by atoms with Gasteiger partial charge < -0.3 is 10.0 Å². The predicted molar refractivity (Wildman–Crippen MR) is 80.0 cm³/mol. The Kier molecular flexibility index (Phi) is 9.70. The van der Waals surface area contributed by atoms with Crippen molar-refractivity contribution in [3.8, 4) is 0 Å². The molecule has 0 aromatic rings. The van der Waals surface area contributed by atoms with Crippen molar-refractivity contribution in [2.24, 2.45) is 5.92 Å². The standard InChI is InChI=1S/C15H34N2O/c1-7-9-15(18)14(8-2)17(12-13(3)4)11-10-16(5)6/h13-15,18H,7-12H2,1-6H3. The Hall–Kier alpha value is -0.120. The lowest BCUT2D eigenvalue weighted by Gasteiger charge is -2.36. The van der Waals surface area contributed by atoms with E-state index in [4.69, 9.17) is 0 Å². The summed E-state index contributed by atoms with van der Waals surface area (Å²) < 4.78 is 0. The number of aliphatic hydroxyl groups excluding tert-OH is 1. The van der Waals surface area contributed by atoms with Crippen molar-refractivity contribution in [2.45, 2.75) is 59.1 Å². The smallest absolute Gasteiger partial charge is 0.0695 e. The van der Waals surface area contributed by atoms with Gasteiger partial charge in [-0.3, -0.25) is 4.90 Å². The second-order valence-corrected chi connectivity index (χ2v) is 6.02. The number of aliphatic hydroxyl groups is 1. The van der Waals surface area contributed by atoms with Crippen LogP contribution in [0.5, 0.6) is 0 Å². The van der Waals surface area contributed by atoms with Crippen molar-refractivity contribution < 1.29 is 5.11 Å². The van der Waals surface area contributed by atoms with Crippen molar-refractivity contribution >= 4 is 0 Å². The van der Waals surface area contributed by atoms with Crippen molar-refractivity contribution in [1.29, 1.82) is 0 Å². The summed E-state index contributed by atoms with van der Waals surface area (Å²) in [4.78, 5) is 4.69. The van der Waals surface area contributed by atoms with Gasteiger partial charge in [-0.1, -0.05) is 34.1 Å². The first kappa shape index (κ1) is 17.9. The van der Waals surface area contributed by atoms with Gasteiger partial charge in [0, 0.05) is 25.7 Å². The van der Waals surface area contributed by atoms with E-state index in [0.717, 1.165) is 38.9 Å². The molecule has 0 aliphatic heterocycles. The van der Waals surface area contributed by atoms with Gasteiger partial charge >= 0.3 is 0 Å². The fourth-order valence-electron chi connectivity index (χ4n) is 2.45. The quantitative estimate of drug-likeness (QED) is 0.652. The number of likely N-dealkylation sites (N-methyl/N-ethyl adjacent to an activating group) is 1. The van der Waals surface area contributed by atoms with E-state index in [-0.39, 0.29) is 6.10 Å². The molecule has 110 valence electrons. The summed E-state index contributed by atoms with van der Waals surface area (Å²) in [5, 5.41) is 10.3. The Labute approximate surface area is 114 Å². The summed E-state index contributed by atoms with van der Waals surface area (Å²) >= 11 is 0. The summed E-state index contributed by atoms with van der Waals surface area (Å²) in [6.45, 7) is 12.0. The number of hydrogen-bond donors (Lipinski definition) is 1. The molecule has 0 heterocycles. The maximum absolute atomic E-state index is 10.3. The molecule has 2 unspecified atom stereocenters. The van der Waals surface area contributed by atoms with Crippen LogP contribution in [0.25, 0.3) is 0 Å². The highest BCUT2D eigenvalue weighted by Gasteiger charge is 2.24. The minimum absolute atomic E-state index is 0.180. The molecule has 0 fully saturated rings. The normalized spacial score (nSPS) is 15.7. The van der Waals surface area contributed by atoms with Gasteiger partial charge in [0.05, 0.1) is 6.10 Å². The molecule has 0 aromatic heterocycles. The SMILES string of the molecule is CCCC(O)C(CC)N(CCN(C)C)CC(C)C. The molecule has 3 nitrogen and oxygen atoms in total. The van der Waals surface area contributed by atoms with Crippen LogP contribution in [0.15, 0.2) is 0 Å². The lowest BCUT2D eigenvalue weighted by molar-refractivity contribution is 0.0315. The molecule has 0 rings (SSSR count). The average molecular weight is 258 g/mol. The van der Waals surface area contributed by atoms with Crippen LogP contribution in [0.3, 0.4) is 0 Å². The molecular formula is C15H34N2O. The Morgan fingerprint density at radius 1 is 1.06 bits per heavy atom. The van der Waals surface area contributed by atoms with Gasteiger partial charge in [-0.25, -0.2) is 0 Å². The van der Waals surface area contributed by atoms with E-state index in [1.165, 1.54) is 0 Å². The summed E-state index contributed by atoms with van der Waals surface area (Å²) in [6, 6.07) is 0.312. The fraction of sp³-hybridized carbons (Fsp3) is 1.00. The van der Waals surface area contributed by atoms with E-state index < -0.39 is 0 Å². The third-order valence-corrected chi connectivity index (χ3v) is 3.35. The van der Waals surface area contributed by atoms with Crippen LogP contribution in [0, 0.1) is 5.92 Å². The molecular weight excluding hydrogens is 224 g/mol. The Bertz CT molecular complexity index is 195. The Morgan fingerprint density at radius 2 is 1.67 bits per heavy atom. The molecule has 0 aromatic carbocycles. The highest BCUT2D eigenvalue weighted by Crippen LogP contribution is 2.15. The number of rotatable bonds is 10. The molecule has 3 heteroatoms. The zero-order chi connectivity index (χ0) is 14.1. The van der Waals surface area contributed by atoms with Crippen LogP contribution in [-0.4, -0.2) is 60.8 Å². The maximum atomic E-state index is 10.3. The molecule has 0 bridgehead atoms. The van der Waals surface area contributed by atoms with Crippen LogP contribution >= 0.6 is 0 Å². The van der Waals surface area contributed by atoms with Gasteiger partial charge in [-0.2, -0.15) is 0 Å². The van der Waals surface area contributed by atoms with Gasteiger partial charge in [-0.15, -0.1) is 0 Å². The van der Waals surface area contributed by atoms with Gasteiger partial charge in [0.25, 0.3) is 0 Å². The van der Waals surface area contributed by atoms with Crippen LogP contribution in [0.4, 0.5) is 0 Å². The monoisotopic (exact) mass is 258 g/mol. The predicted octanol–water partition coefficient (Wildman–Crippen LogP) is 2.45. The van der Waals surface area contributed by atoms with E-state index in [1.54, 1.807) is 0 Å². The van der Waals surface area contributed by atoms with E-state index >= 15 is 0 Å². The molecule has 0 amide bonds. The maximum Gasteiger partial charge on any atom is 0.0695 e. The highest BCUT2D eigenvalue weighted by molar-refractivity contribution is 4.79. The summed E-state index contributed by atoms with van der Waals surface area (Å²) in [6.07, 6.45) is 2.82. The van der Waals surface area contributed by atoms with Crippen LogP contribution in [0.1, 0.15) is 47.0 Å². The highest BCUT2D eigenvalue weighted by atomic mass is 16.3. The van der Waals surface area contributed by atoms with Gasteiger partial charge in [0.15, 0.2) is 0 Å². The summed E-state index contributed by atoms with van der Waals surface area (Å²) in [7, 11) is 4.22. The third-order valence-electron chi connectivity index (χ3n) is 3.35. The number of hydrogen-bond acceptors (Lipinski definition) is 3. The lowest BCUT2D eigenvalue weighted by Crippen LogP contribution is -2.47. The first-order valence-electron chi connectivity index (χ1n) is 7.49. The zero-order valence-corrected chi connectivity index (χ0v) is 13.3. The Balaban J connectivity index is 4.55. The van der Waals surface area contributed by atoms with Gasteiger partial charge in [-0.05, 0) is 32.9 Å². The fourth-order valence-corrected chi connectivity index (χ4v) is 2.45. The molecule has 0 radical (unpaired) electrons. The van der Waals surface area contributed by atoms with Crippen molar-refractivity contribution in [1.82, 2.24) is 9.80 Å². The lowest BCUT2D eigenvalue weighted by atomic mass is 10.0. The molecule has 0 aliphatic carbocycles. The van der Waals surface area contributed by atoms with E-state index in [1.807, 2.05) is 0 Å². The van der Waals surface area contributed by atoms with E-state index in [9.17, 15) is 5.11 Å². The van der Waals surface area contributed by atoms with Crippen molar-refractivity contribution in [3.05, 3.63) is 0 Å². The molecule has 0 spiro atoms. The minimum atomic E-state index is -0.180. The number of nitrogens with zero attached hydrogens (tertiary/aromatic N) is 2. The molecule has 2 atom stereocenters. The van der Waals surface area contributed by atoms with Crippen molar-refractivity contribution in [2.75, 3.05) is 33.7 Å². The average Bonchev–Trinajstić information content (AvgIpc) is 2.26. The van der Waals surface area contributed by atoms with Crippen LogP contribution in [-0.2, 0) is 0 Å².